The topological polar surface area (TPSA) is 62.7 Å². The number of aliphatic carboxylic acids is 1. The number of ether oxygens (including phenoxy) is 1. The summed E-state index contributed by atoms with van der Waals surface area (Å²) in [4.78, 5) is 18.3. The van der Waals surface area contributed by atoms with Crippen LogP contribution in [0.3, 0.4) is 0 Å². The first-order chi connectivity index (χ1) is 18.9. The summed E-state index contributed by atoms with van der Waals surface area (Å²) in [6.45, 7) is 2.43. The Morgan fingerprint density at radius 2 is 2.05 bits per heavy atom. The number of carboxylic acid groups (broad SMARTS) is 1. The van der Waals surface area contributed by atoms with Gasteiger partial charge in [-0.05, 0) is 105 Å². The lowest BCUT2D eigenvalue weighted by Crippen LogP contribution is -2.41. The maximum atomic E-state index is 15.5. The molecule has 2 heterocycles. The van der Waals surface area contributed by atoms with Crippen LogP contribution in [0.5, 0.6) is 5.75 Å². The fourth-order valence-corrected chi connectivity index (χ4v) is 6.40. The molecule has 3 aromatic rings. The normalized spacial score (nSPS) is 18.8. The van der Waals surface area contributed by atoms with Crippen molar-refractivity contribution in [1.29, 1.82) is 0 Å². The molecule has 1 aliphatic rings. The van der Waals surface area contributed by atoms with Crippen molar-refractivity contribution in [3.05, 3.63) is 65.9 Å². The van der Waals surface area contributed by atoms with E-state index in [1.54, 1.807) is 25.4 Å². The van der Waals surface area contributed by atoms with Crippen LogP contribution in [0.25, 0.3) is 10.9 Å². The van der Waals surface area contributed by atoms with Crippen molar-refractivity contribution in [1.82, 2.24) is 9.88 Å². The van der Waals surface area contributed by atoms with Gasteiger partial charge in [-0.15, -0.1) is 11.8 Å². The minimum atomic E-state index is -1.15. The highest BCUT2D eigenvalue weighted by Gasteiger charge is 2.30. The second kappa shape index (κ2) is 14.0. The van der Waals surface area contributed by atoms with Gasteiger partial charge in [0.15, 0.2) is 11.6 Å². The smallest absolute Gasteiger partial charge is 0.303 e. The average Bonchev–Trinajstić information content (AvgIpc) is 2.94. The first kappa shape index (κ1) is 29.2. The van der Waals surface area contributed by atoms with Gasteiger partial charge in [0.2, 0.25) is 0 Å². The molecular formula is C30H35F3N2O3S. The molecule has 3 atom stereocenters. The molecule has 0 radical (unpaired) electrons. The number of piperidine rings is 1. The van der Waals surface area contributed by atoms with Gasteiger partial charge in [0, 0.05) is 29.4 Å². The van der Waals surface area contributed by atoms with Crippen LogP contribution >= 0.6 is 11.8 Å². The van der Waals surface area contributed by atoms with E-state index in [2.05, 4.69) is 9.88 Å². The van der Waals surface area contributed by atoms with E-state index in [0.29, 0.717) is 41.2 Å². The lowest BCUT2D eigenvalue weighted by molar-refractivity contribution is -0.137. The van der Waals surface area contributed by atoms with Crippen LogP contribution in [0.2, 0.25) is 0 Å². The Labute approximate surface area is 231 Å². The second-order valence-corrected chi connectivity index (χ2v) is 11.3. The van der Waals surface area contributed by atoms with Crippen LogP contribution in [0, 0.1) is 23.5 Å². The third-order valence-corrected chi connectivity index (χ3v) is 8.73. The van der Waals surface area contributed by atoms with Gasteiger partial charge in [-0.2, -0.15) is 0 Å². The van der Waals surface area contributed by atoms with E-state index in [1.807, 2.05) is 18.2 Å². The molecule has 1 fully saturated rings. The highest BCUT2D eigenvalue weighted by Crippen LogP contribution is 2.37. The average molecular weight is 561 g/mol. The highest BCUT2D eigenvalue weighted by atomic mass is 32.2. The molecule has 1 N–H and O–H groups in total. The van der Waals surface area contributed by atoms with Crippen LogP contribution in [0.4, 0.5) is 13.2 Å². The van der Waals surface area contributed by atoms with Crippen molar-refractivity contribution < 1.29 is 27.8 Å². The number of benzene rings is 2. The van der Waals surface area contributed by atoms with Crippen molar-refractivity contribution >= 4 is 28.6 Å². The summed E-state index contributed by atoms with van der Waals surface area (Å²) in [7, 11) is 1.58. The predicted molar refractivity (Wildman–Crippen MR) is 148 cm³/mol. The van der Waals surface area contributed by atoms with Crippen LogP contribution in [0.1, 0.15) is 50.3 Å². The maximum Gasteiger partial charge on any atom is 0.303 e. The molecule has 0 saturated carbocycles. The van der Waals surface area contributed by atoms with Crippen molar-refractivity contribution in [2.24, 2.45) is 11.8 Å². The molecule has 2 aromatic carbocycles. The maximum absolute atomic E-state index is 15.5. The number of nitrogens with zero attached hydrogens (tertiary/aromatic N) is 2. The molecule has 4 rings (SSSR count). The molecule has 1 aromatic heterocycles. The first-order valence-electron chi connectivity index (χ1n) is 13.4. The van der Waals surface area contributed by atoms with Crippen LogP contribution in [0.15, 0.2) is 53.6 Å². The molecule has 5 nitrogen and oxygen atoms in total. The predicted octanol–water partition coefficient (Wildman–Crippen LogP) is 7.30. The lowest BCUT2D eigenvalue weighted by atomic mass is 9.79. The van der Waals surface area contributed by atoms with Gasteiger partial charge in [0.05, 0.1) is 12.6 Å². The van der Waals surface area contributed by atoms with Gasteiger partial charge in [-0.1, -0.05) is 6.07 Å². The van der Waals surface area contributed by atoms with Crippen molar-refractivity contribution in [3.63, 3.8) is 0 Å². The van der Waals surface area contributed by atoms with Gasteiger partial charge < -0.3 is 14.7 Å². The minimum Gasteiger partial charge on any atom is -0.497 e. The van der Waals surface area contributed by atoms with Crippen LogP contribution in [-0.2, 0) is 4.79 Å². The Morgan fingerprint density at radius 3 is 2.85 bits per heavy atom. The van der Waals surface area contributed by atoms with E-state index in [4.69, 9.17) is 4.74 Å². The summed E-state index contributed by atoms with van der Waals surface area (Å²) in [5, 5.41) is 10.0. The van der Waals surface area contributed by atoms with Crippen molar-refractivity contribution in [2.45, 2.75) is 49.6 Å². The monoisotopic (exact) mass is 560 g/mol. The largest absolute Gasteiger partial charge is 0.497 e. The number of fused-ring (bicyclic) bond motifs is 1. The summed E-state index contributed by atoms with van der Waals surface area (Å²) in [5.41, 5.74) is 1.33. The number of carboxylic acids is 1. The van der Waals surface area contributed by atoms with Gasteiger partial charge in [0.1, 0.15) is 11.9 Å². The number of aromatic nitrogens is 1. The number of carbonyl (C=O) groups is 1. The standard InChI is InChI=1S/C30H35F3N2O3S/c1-38-22-8-10-27-24(18-22)23(12-14-34-27)25(31)9-6-20-13-16-35(19-21(20)7-11-29(36)37)15-3-17-39-28-5-2-4-26(32)30(28)33/h2,4-5,8,10,12,14,18,20-21,25H,3,6-7,9,11,13,15-17,19H2,1H3,(H,36,37)/t20-,21+,25?/m1/s1. The summed E-state index contributed by atoms with van der Waals surface area (Å²) < 4.78 is 48.2. The molecule has 0 bridgehead atoms. The summed E-state index contributed by atoms with van der Waals surface area (Å²) >= 11 is 1.30. The Morgan fingerprint density at radius 1 is 1.21 bits per heavy atom. The third kappa shape index (κ3) is 7.88. The second-order valence-electron chi connectivity index (χ2n) is 10.1. The van der Waals surface area contributed by atoms with E-state index in [1.165, 1.54) is 17.8 Å². The van der Waals surface area contributed by atoms with Crippen LogP contribution in [-0.4, -0.2) is 53.5 Å². The molecule has 0 spiro atoms. The zero-order valence-electron chi connectivity index (χ0n) is 22.1. The third-order valence-electron chi connectivity index (χ3n) is 7.61. The van der Waals surface area contributed by atoms with E-state index in [-0.39, 0.29) is 18.3 Å². The molecule has 0 amide bonds. The Balaban J connectivity index is 1.32. The number of alkyl halides is 1. The molecule has 210 valence electrons. The zero-order chi connectivity index (χ0) is 27.8. The number of hydrogen-bond donors (Lipinski definition) is 1. The van der Waals surface area contributed by atoms with Gasteiger partial charge in [0.25, 0.3) is 0 Å². The lowest BCUT2D eigenvalue weighted by Gasteiger charge is -2.39. The minimum absolute atomic E-state index is 0.0948. The molecule has 39 heavy (non-hydrogen) atoms. The number of pyridine rings is 1. The van der Waals surface area contributed by atoms with E-state index in [0.717, 1.165) is 49.4 Å². The Kier molecular flexibility index (Phi) is 10.5. The summed E-state index contributed by atoms with van der Waals surface area (Å²) in [6.07, 6.45) is 3.87. The number of thioether (sulfide) groups is 1. The number of rotatable bonds is 13. The van der Waals surface area contributed by atoms with Crippen LogP contribution < -0.4 is 4.74 Å². The Hall–Kier alpha value is -2.78. The number of hydrogen-bond acceptors (Lipinski definition) is 5. The molecule has 0 aliphatic carbocycles. The fourth-order valence-electron chi connectivity index (χ4n) is 5.50. The quantitative estimate of drug-likeness (QED) is 0.175. The summed E-state index contributed by atoms with van der Waals surface area (Å²) in [6, 6.07) is 11.4. The summed E-state index contributed by atoms with van der Waals surface area (Å²) in [5.74, 6) is -0.724. The van der Waals surface area contributed by atoms with E-state index < -0.39 is 23.8 Å². The number of halogens is 3. The number of likely N-dealkylation sites (tertiary alicyclic amines) is 1. The van der Waals surface area contributed by atoms with Crippen molar-refractivity contribution in [2.75, 3.05) is 32.5 Å². The zero-order valence-corrected chi connectivity index (χ0v) is 22.9. The first-order valence-corrected chi connectivity index (χ1v) is 14.4. The Bertz CT molecular complexity index is 1260. The molecular weight excluding hydrogens is 525 g/mol. The molecule has 1 unspecified atom stereocenters. The fraction of sp³-hybridized carbons (Fsp3) is 0.467. The van der Waals surface area contributed by atoms with E-state index in [9.17, 15) is 18.7 Å². The molecule has 9 heteroatoms. The molecule has 1 aliphatic heterocycles. The van der Waals surface area contributed by atoms with Crippen molar-refractivity contribution in [3.8, 4) is 5.75 Å². The highest BCUT2D eigenvalue weighted by molar-refractivity contribution is 7.99. The van der Waals surface area contributed by atoms with Gasteiger partial charge in [-0.25, -0.2) is 13.2 Å². The number of methoxy groups -OCH3 is 1. The van der Waals surface area contributed by atoms with Gasteiger partial charge >= 0.3 is 5.97 Å². The van der Waals surface area contributed by atoms with E-state index >= 15 is 4.39 Å². The van der Waals surface area contributed by atoms with Gasteiger partial charge in [-0.3, -0.25) is 9.78 Å². The molecule has 1 saturated heterocycles. The SMILES string of the molecule is COc1ccc2nccc(C(F)CC[C@@H]3CCN(CCCSc4cccc(F)c4F)C[C@@H]3CCC(=O)O)c2c1.